The number of carboxylic acid groups (broad SMARTS) is 1. The van der Waals surface area contributed by atoms with Gasteiger partial charge in [-0.15, -0.1) is 0 Å². The largest absolute Gasteiger partial charge is 0.493 e. The minimum absolute atomic E-state index is 0.0802. The van der Waals surface area contributed by atoms with E-state index < -0.39 is 11.9 Å². The first-order valence-electron chi connectivity index (χ1n) is 6.91. The van der Waals surface area contributed by atoms with Crippen molar-refractivity contribution in [2.45, 2.75) is 18.9 Å². The van der Waals surface area contributed by atoms with Gasteiger partial charge < -0.3 is 19.5 Å². The van der Waals surface area contributed by atoms with Crippen molar-refractivity contribution in [3.8, 4) is 11.5 Å². The Bertz CT molecular complexity index is 585. The number of carbonyl (C=O) groups is 2. The Morgan fingerprint density at radius 1 is 1.43 bits per heavy atom. The predicted octanol–water partition coefficient (Wildman–Crippen LogP) is 0.932. The molecule has 1 amide bonds. The zero-order chi connectivity index (χ0) is 15.0. The van der Waals surface area contributed by atoms with E-state index >= 15 is 0 Å². The molecule has 6 nitrogen and oxygen atoms in total. The van der Waals surface area contributed by atoms with Crippen LogP contribution in [0.4, 0.5) is 0 Å². The lowest BCUT2D eigenvalue weighted by Gasteiger charge is -2.33. The van der Waals surface area contributed by atoms with Crippen LogP contribution in [-0.4, -0.2) is 48.2 Å². The van der Waals surface area contributed by atoms with Gasteiger partial charge >= 0.3 is 5.97 Å². The molecule has 2 heterocycles. The molecule has 1 aromatic rings. The molecule has 2 atom stereocenters. The van der Waals surface area contributed by atoms with Gasteiger partial charge in [-0.05, 0) is 12.5 Å². The number of likely N-dealkylation sites (tertiary alicyclic amines) is 1. The van der Waals surface area contributed by atoms with E-state index in [1.807, 2.05) is 18.2 Å². The monoisotopic (exact) mass is 291 g/mol. The summed E-state index contributed by atoms with van der Waals surface area (Å²) in [4.78, 5) is 24.7. The Labute approximate surface area is 122 Å². The second-order valence-electron chi connectivity index (χ2n) is 5.40. The standard InChI is InChI=1S/C15H17NO5/c1-20-12-4-2-3-9-5-11(8-21-14(9)12)16-7-10(15(18)19)6-13(16)17/h2-4,10-11H,5-8H2,1H3,(H,18,19). The Morgan fingerprint density at radius 3 is 2.90 bits per heavy atom. The lowest BCUT2D eigenvalue weighted by atomic mass is 10.0. The number of methoxy groups -OCH3 is 1. The summed E-state index contributed by atoms with van der Waals surface area (Å²) < 4.78 is 11.0. The van der Waals surface area contributed by atoms with Gasteiger partial charge in [-0.25, -0.2) is 0 Å². The topological polar surface area (TPSA) is 76.1 Å². The number of aliphatic carboxylic acids is 1. The van der Waals surface area contributed by atoms with E-state index in [0.29, 0.717) is 18.8 Å². The maximum atomic E-state index is 12.0. The highest BCUT2D eigenvalue weighted by atomic mass is 16.5. The van der Waals surface area contributed by atoms with Crippen LogP contribution < -0.4 is 9.47 Å². The first-order chi connectivity index (χ1) is 10.1. The molecule has 1 fully saturated rings. The van der Waals surface area contributed by atoms with Crippen molar-refractivity contribution < 1.29 is 24.2 Å². The van der Waals surface area contributed by atoms with Crippen molar-refractivity contribution >= 4 is 11.9 Å². The first-order valence-corrected chi connectivity index (χ1v) is 6.91. The fraction of sp³-hybridized carbons (Fsp3) is 0.467. The third kappa shape index (κ3) is 2.41. The Hall–Kier alpha value is -2.24. The number of para-hydroxylation sites is 1. The first kappa shape index (κ1) is 13.7. The van der Waals surface area contributed by atoms with E-state index in [4.69, 9.17) is 14.6 Å². The molecule has 1 saturated heterocycles. The number of rotatable bonds is 3. The van der Waals surface area contributed by atoms with Crippen LogP contribution in [0.3, 0.4) is 0 Å². The molecule has 3 rings (SSSR count). The van der Waals surface area contributed by atoms with E-state index in [-0.39, 0.29) is 24.9 Å². The molecule has 0 bridgehead atoms. The third-order valence-corrected chi connectivity index (χ3v) is 4.10. The van der Waals surface area contributed by atoms with Gasteiger partial charge in [0.2, 0.25) is 5.91 Å². The molecular weight excluding hydrogens is 274 g/mol. The lowest BCUT2D eigenvalue weighted by Crippen LogP contribution is -2.44. The van der Waals surface area contributed by atoms with E-state index in [0.717, 1.165) is 11.3 Å². The van der Waals surface area contributed by atoms with Crippen LogP contribution in [0.25, 0.3) is 0 Å². The Morgan fingerprint density at radius 2 is 2.24 bits per heavy atom. The van der Waals surface area contributed by atoms with Gasteiger partial charge in [0, 0.05) is 18.5 Å². The molecule has 1 N–H and O–H groups in total. The van der Waals surface area contributed by atoms with Gasteiger partial charge in [-0.2, -0.15) is 0 Å². The average Bonchev–Trinajstić information content (AvgIpc) is 2.88. The minimum Gasteiger partial charge on any atom is -0.493 e. The summed E-state index contributed by atoms with van der Waals surface area (Å²) >= 11 is 0. The number of hydrogen-bond donors (Lipinski definition) is 1. The summed E-state index contributed by atoms with van der Waals surface area (Å²) in [6, 6.07) is 5.55. The van der Waals surface area contributed by atoms with Gasteiger partial charge in [0.05, 0.1) is 19.1 Å². The number of amides is 1. The van der Waals surface area contributed by atoms with Crippen LogP contribution in [0.2, 0.25) is 0 Å². The number of fused-ring (bicyclic) bond motifs is 1. The van der Waals surface area contributed by atoms with Gasteiger partial charge in [-0.1, -0.05) is 12.1 Å². The minimum atomic E-state index is -0.912. The number of benzene rings is 1. The molecule has 112 valence electrons. The zero-order valence-corrected chi connectivity index (χ0v) is 11.7. The number of nitrogens with zero attached hydrogens (tertiary/aromatic N) is 1. The highest BCUT2D eigenvalue weighted by Crippen LogP contribution is 2.36. The van der Waals surface area contributed by atoms with Crippen molar-refractivity contribution in [1.29, 1.82) is 0 Å². The van der Waals surface area contributed by atoms with Crippen molar-refractivity contribution in [1.82, 2.24) is 4.90 Å². The SMILES string of the molecule is COc1cccc2c1OCC(N1CC(C(=O)O)CC1=O)C2. The van der Waals surface area contributed by atoms with Crippen LogP contribution in [-0.2, 0) is 16.0 Å². The summed E-state index contributed by atoms with van der Waals surface area (Å²) in [5.41, 5.74) is 0.983. The van der Waals surface area contributed by atoms with Gasteiger partial charge in [-0.3, -0.25) is 9.59 Å². The predicted molar refractivity (Wildman–Crippen MR) is 73.4 cm³/mol. The van der Waals surface area contributed by atoms with Crippen molar-refractivity contribution in [3.63, 3.8) is 0 Å². The van der Waals surface area contributed by atoms with Gasteiger partial charge in [0.15, 0.2) is 11.5 Å². The van der Waals surface area contributed by atoms with Crippen LogP contribution in [0.15, 0.2) is 18.2 Å². The molecule has 0 saturated carbocycles. The van der Waals surface area contributed by atoms with Crippen LogP contribution in [0.5, 0.6) is 11.5 Å². The fourth-order valence-electron chi connectivity index (χ4n) is 2.99. The maximum Gasteiger partial charge on any atom is 0.308 e. The molecule has 0 aromatic heterocycles. The molecular formula is C15H17NO5. The average molecular weight is 291 g/mol. The fourth-order valence-corrected chi connectivity index (χ4v) is 2.99. The Balaban J connectivity index is 1.78. The summed E-state index contributed by atoms with van der Waals surface area (Å²) in [6.07, 6.45) is 0.738. The van der Waals surface area contributed by atoms with E-state index in [2.05, 4.69) is 0 Å². The molecule has 2 unspecified atom stereocenters. The molecule has 1 aromatic carbocycles. The number of carboxylic acids is 1. The quantitative estimate of drug-likeness (QED) is 0.896. The van der Waals surface area contributed by atoms with E-state index in [1.165, 1.54) is 0 Å². The molecule has 2 aliphatic rings. The number of carbonyl (C=O) groups excluding carboxylic acids is 1. The number of ether oxygens (including phenoxy) is 2. The molecule has 2 aliphatic heterocycles. The maximum absolute atomic E-state index is 12.0. The summed E-state index contributed by atoms with van der Waals surface area (Å²) in [6.45, 7) is 0.632. The van der Waals surface area contributed by atoms with E-state index in [9.17, 15) is 9.59 Å². The molecule has 0 spiro atoms. The van der Waals surface area contributed by atoms with Crippen LogP contribution in [0, 0.1) is 5.92 Å². The zero-order valence-electron chi connectivity index (χ0n) is 11.7. The van der Waals surface area contributed by atoms with Gasteiger partial charge in [0.1, 0.15) is 6.61 Å². The Kier molecular flexibility index (Phi) is 3.45. The molecule has 0 aliphatic carbocycles. The lowest BCUT2D eigenvalue weighted by molar-refractivity contribution is -0.141. The highest BCUT2D eigenvalue weighted by molar-refractivity contribution is 5.86. The molecule has 21 heavy (non-hydrogen) atoms. The second kappa shape index (κ2) is 5.27. The molecule has 6 heteroatoms. The van der Waals surface area contributed by atoms with Gasteiger partial charge in [0.25, 0.3) is 0 Å². The summed E-state index contributed by atoms with van der Waals surface area (Å²) in [7, 11) is 1.59. The van der Waals surface area contributed by atoms with Crippen molar-refractivity contribution in [2.75, 3.05) is 20.3 Å². The molecule has 0 radical (unpaired) electrons. The summed E-state index contributed by atoms with van der Waals surface area (Å²) in [5, 5.41) is 9.05. The van der Waals surface area contributed by atoms with Crippen LogP contribution in [0.1, 0.15) is 12.0 Å². The van der Waals surface area contributed by atoms with Crippen LogP contribution >= 0.6 is 0 Å². The van der Waals surface area contributed by atoms with Crippen molar-refractivity contribution in [3.05, 3.63) is 23.8 Å². The third-order valence-electron chi connectivity index (χ3n) is 4.10. The normalized spacial score (nSPS) is 24.4. The highest BCUT2D eigenvalue weighted by Gasteiger charge is 2.39. The van der Waals surface area contributed by atoms with E-state index in [1.54, 1.807) is 12.0 Å². The summed E-state index contributed by atoms with van der Waals surface area (Å²) in [5.74, 6) is -0.226. The second-order valence-corrected chi connectivity index (χ2v) is 5.40. The van der Waals surface area contributed by atoms with Crippen molar-refractivity contribution in [2.24, 2.45) is 5.92 Å². The smallest absolute Gasteiger partial charge is 0.308 e. The number of hydrogen-bond acceptors (Lipinski definition) is 4.